The van der Waals surface area contributed by atoms with Crippen LogP contribution in [0, 0.1) is 0 Å². The van der Waals surface area contributed by atoms with E-state index in [2.05, 4.69) is 9.98 Å². The van der Waals surface area contributed by atoms with Crippen molar-refractivity contribution in [1.29, 1.82) is 0 Å². The molecule has 2 rings (SSSR count). The third-order valence-corrected chi connectivity index (χ3v) is 3.35. The Morgan fingerprint density at radius 3 is 2.84 bits per heavy atom. The van der Waals surface area contributed by atoms with Crippen molar-refractivity contribution in [3.8, 4) is 5.75 Å². The molecule has 1 aliphatic carbocycles. The Balaban J connectivity index is 1.75. The number of hydrogen-bond acceptors (Lipinski definition) is 4. The smallest absolute Gasteiger partial charge is 0.270 e. The summed E-state index contributed by atoms with van der Waals surface area (Å²) in [4.78, 5) is 19.2. The third kappa shape index (κ3) is 4.63. The van der Waals surface area contributed by atoms with Crippen LogP contribution in [0.3, 0.4) is 0 Å². The standard InChI is InChI=1S/C14H17ClN2O2/c15-14(18)13-7-6-12(10-17-13)19-9-8-16-11-4-2-1-3-5-11/h6-8,10-11H,1-5,9H2. The average molecular weight is 281 g/mol. The number of ether oxygens (including phenoxy) is 1. The molecule has 102 valence electrons. The molecule has 0 radical (unpaired) electrons. The normalized spacial score (nSPS) is 16.7. The Bertz CT molecular complexity index is 439. The molecule has 0 aromatic carbocycles. The Labute approximate surface area is 117 Å². The summed E-state index contributed by atoms with van der Waals surface area (Å²) in [5, 5.41) is -0.564. The van der Waals surface area contributed by atoms with Crippen LogP contribution in [-0.2, 0) is 0 Å². The second kappa shape index (κ2) is 7.24. The van der Waals surface area contributed by atoms with Crippen molar-refractivity contribution in [2.45, 2.75) is 38.1 Å². The van der Waals surface area contributed by atoms with Gasteiger partial charge in [-0.15, -0.1) is 0 Å². The van der Waals surface area contributed by atoms with Gasteiger partial charge in [-0.2, -0.15) is 0 Å². The lowest BCUT2D eigenvalue weighted by Crippen LogP contribution is -2.11. The summed E-state index contributed by atoms with van der Waals surface area (Å²) in [7, 11) is 0. The predicted molar refractivity (Wildman–Crippen MR) is 75.3 cm³/mol. The molecule has 0 N–H and O–H groups in total. The number of aliphatic imine (C=N–C) groups is 1. The van der Waals surface area contributed by atoms with E-state index in [0.29, 0.717) is 18.4 Å². The summed E-state index contributed by atoms with van der Waals surface area (Å²) >= 11 is 5.30. The first-order valence-corrected chi connectivity index (χ1v) is 6.94. The summed E-state index contributed by atoms with van der Waals surface area (Å²) in [6, 6.07) is 3.69. The minimum Gasteiger partial charge on any atom is -0.486 e. The molecule has 0 aliphatic heterocycles. The Kier molecular flexibility index (Phi) is 5.33. The summed E-state index contributed by atoms with van der Waals surface area (Å²) in [5.41, 5.74) is 0.227. The van der Waals surface area contributed by atoms with Gasteiger partial charge in [-0.05, 0) is 36.6 Å². The van der Waals surface area contributed by atoms with Crippen LogP contribution in [0.5, 0.6) is 5.75 Å². The van der Waals surface area contributed by atoms with Crippen LogP contribution in [0.2, 0.25) is 0 Å². The lowest BCUT2D eigenvalue weighted by molar-refractivity contribution is 0.107. The molecular weight excluding hydrogens is 264 g/mol. The van der Waals surface area contributed by atoms with E-state index in [-0.39, 0.29) is 5.69 Å². The van der Waals surface area contributed by atoms with Crippen molar-refractivity contribution in [1.82, 2.24) is 4.98 Å². The van der Waals surface area contributed by atoms with Gasteiger partial charge < -0.3 is 4.74 Å². The SMILES string of the molecule is O=C(Cl)c1ccc(OCC=NC2CCCCC2)cn1. The zero-order valence-electron chi connectivity index (χ0n) is 10.7. The highest BCUT2D eigenvalue weighted by atomic mass is 35.5. The summed E-state index contributed by atoms with van der Waals surface area (Å²) in [6.07, 6.45) is 9.57. The minimum atomic E-state index is -0.564. The van der Waals surface area contributed by atoms with E-state index in [0.717, 1.165) is 0 Å². The number of carbonyl (C=O) groups excluding carboxylic acids is 1. The van der Waals surface area contributed by atoms with Crippen LogP contribution in [0.1, 0.15) is 42.6 Å². The van der Waals surface area contributed by atoms with E-state index < -0.39 is 5.24 Å². The van der Waals surface area contributed by atoms with Crippen LogP contribution in [-0.4, -0.2) is 29.1 Å². The maximum atomic E-state index is 10.8. The molecule has 5 heteroatoms. The molecule has 1 heterocycles. The van der Waals surface area contributed by atoms with E-state index in [4.69, 9.17) is 16.3 Å². The fourth-order valence-corrected chi connectivity index (χ4v) is 2.25. The summed E-state index contributed by atoms with van der Waals surface area (Å²) in [5.74, 6) is 0.608. The van der Waals surface area contributed by atoms with Crippen molar-refractivity contribution in [3.63, 3.8) is 0 Å². The second-order valence-electron chi connectivity index (χ2n) is 4.59. The van der Waals surface area contributed by atoms with Crippen molar-refractivity contribution in [2.75, 3.05) is 6.61 Å². The molecule has 0 spiro atoms. The van der Waals surface area contributed by atoms with Gasteiger partial charge in [0.15, 0.2) is 0 Å². The molecule has 0 unspecified atom stereocenters. The Hall–Kier alpha value is -1.42. The quantitative estimate of drug-likeness (QED) is 0.614. The number of rotatable bonds is 5. The highest BCUT2D eigenvalue weighted by Crippen LogP contribution is 2.19. The average Bonchev–Trinajstić information content (AvgIpc) is 2.45. The maximum absolute atomic E-state index is 10.8. The Morgan fingerprint density at radius 1 is 1.42 bits per heavy atom. The van der Waals surface area contributed by atoms with Gasteiger partial charge in [-0.3, -0.25) is 9.79 Å². The molecule has 0 saturated heterocycles. The highest BCUT2D eigenvalue weighted by Gasteiger charge is 2.10. The maximum Gasteiger partial charge on any atom is 0.270 e. The number of hydrogen-bond donors (Lipinski definition) is 0. The van der Waals surface area contributed by atoms with Gasteiger partial charge in [-0.25, -0.2) is 4.98 Å². The molecule has 1 aromatic rings. The fraction of sp³-hybridized carbons (Fsp3) is 0.500. The first-order chi connectivity index (χ1) is 9.25. The second-order valence-corrected chi connectivity index (χ2v) is 4.93. The lowest BCUT2D eigenvalue weighted by Gasteiger charge is -2.17. The molecule has 1 saturated carbocycles. The highest BCUT2D eigenvalue weighted by molar-refractivity contribution is 6.67. The van der Waals surface area contributed by atoms with Crippen LogP contribution in [0.15, 0.2) is 23.3 Å². The van der Waals surface area contributed by atoms with E-state index >= 15 is 0 Å². The van der Waals surface area contributed by atoms with Crippen molar-refractivity contribution >= 4 is 23.1 Å². The van der Waals surface area contributed by atoms with Crippen molar-refractivity contribution < 1.29 is 9.53 Å². The number of carbonyl (C=O) groups is 1. The molecule has 1 fully saturated rings. The summed E-state index contributed by atoms with van der Waals surface area (Å²) < 4.78 is 5.47. The van der Waals surface area contributed by atoms with Crippen LogP contribution >= 0.6 is 11.6 Å². The van der Waals surface area contributed by atoms with Crippen LogP contribution < -0.4 is 4.74 Å². The first kappa shape index (κ1) is 14.0. The van der Waals surface area contributed by atoms with Gasteiger partial charge in [0.2, 0.25) is 0 Å². The zero-order valence-corrected chi connectivity index (χ0v) is 11.5. The summed E-state index contributed by atoms with van der Waals surface area (Å²) in [6.45, 7) is 0.423. The van der Waals surface area contributed by atoms with Gasteiger partial charge in [0.05, 0.1) is 6.20 Å². The van der Waals surface area contributed by atoms with Crippen molar-refractivity contribution in [2.24, 2.45) is 4.99 Å². The van der Waals surface area contributed by atoms with Gasteiger partial charge in [0.25, 0.3) is 5.24 Å². The Morgan fingerprint density at radius 2 is 2.21 bits per heavy atom. The van der Waals surface area contributed by atoms with E-state index in [1.165, 1.54) is 38.3 Å². The minimum absolute atomic E-state index is 0.227. The van der Waals surface area contributed by atoms with E-state index in [9.17, 15) is 4.79 Å². The van der Waals surface area contributed by atoms with Crippen molar-refractivity contribution in [3.05, 3.63) is 24.0 Å². The topological polar surface area (TPSA) is 51.5 Å². The monoisotopic (exact) mass is 280 g/mol. The number of halogens is 1. The largest absolute Gasteiger partial charge is 0.486 e. The predicted octanol–water partition coefficient (Wildman–Crippen LogP) is 3.24. The molecule has 0 amide bonds. The number of pyridine rings is 1. The number of nitrogens with zero attached hydrogens (tertiary/aromatic N) is 2. The zero-order chi connectivity index (χ0) is 13.5. The van der Waals surface area contributed by atoms with Crippen LogP contribution in [0.4, 0.5) is 0 Å². The lowest BCUT2D eigenvalue weighted by atomic mass is 9.96. The molecule has 1 aromatic heterocycles. The van der Waals surface area contributed by atoms with E-state index in [1.54, 1.807) is 12.1 Å². The molecule has 0 atom stereocenters. The molecule has 19 heavy (non-hydrogen) atoms. The van der Waals surface area contributed by atoms with Gasteiger partial charge in [-0.1, -0.05) is 19.3 Å². The van der Waals surface area contributed by atoms with E-state index in [1.807, 2.05) is 6.21 Å². The molecule has 4 nitrogen and oxygen atoms in total. The fourth-order valence-electron chi connectivity index (χ4n) is 2.14. The van der Waals surface area contributed by atoms with Gasteiger partial charge >= 0.3 is 0 Å². The third-order valence-electron chi connectivity index (χ3n) is 3.15. The first-order valence-electron chi connectivity index (χ1n) is 6.56. The van der Waals surface area contributed by atoms with Crippen LogP contribution in [0.25, 0.3) is 0 Å². The van der Waals surface area contributed by atoms with Gasteiger partial charge in [0.1, 0.15) is 18.1 Å². The molecule has 0 bridgehead atoms. The molecular formula is C14H17ClN2O2. The molecule has 1 aliphatic rings. The number of aromatic nitrogens is 1. The van der Waals surface area contributed by atoms with Gasteiger partial charge in [0, 0.05) is 12.3 Å².